The smallest absolute Gasteiger partial charge is 0.322 e. The van der Waals surface area contributed by atoms with E-state index in [1.165, 1.54) is 6.92 Å². The van der Waals surface area contributed by atoms with Crippen LogP contribution in [0, 0.1) is 30.4 Å². The summed E-state index contributed by atoms with van der Waals surface area (Å²) in [6, 6.07) is 1.15. The number of nitrogens with zero attached hydrogens (tertiary/aromatic N) is 1. The van der Waals surface area contributed by atoms with Gasteiger partial charge in [0.2, 0.25) is 0 Å². The zero-order chi connectivity index (χ0) is 19.1. The van der Waals surface area contributed by atoms with Crippen LogP contribution in [0.2, 0.25) is 0 Å². The molecule has 7 heteroatoms. The highest BCUT2D eigenvalue weighted by Crippen LogP contribution is 2.19. The predicted octanol–water partition coefficient (Wildman–Crippen LogP) is 2.72. The van der Waals surface area contributed by atoms with Crippen LogP contribution in [0.15, 0.2) is 17.1 Å². The van der Waals surface area contributed by atoms with Gasteiger partial charge in [0.1, 0.15) is 11.6 Å². The number of aliphatic hydroxyl groups excluding tert-OH is 1. The maximum absolute atomic E-state index is 14.0. The minimum Gasteiger partial charge on any atom is -0.465 e. The topological polar surface area (TPSA) is 76.0 Å². The summed E-state index contributed by atoms with van der Waals surface area (Å²) in [5.74, 6) is -5.08. The van der Waals surface area contributed by atoms with Crippen molar-refractivity contribution < 1.29 is 28.2 Å². The van der Waals surface area contributed by atoms with E-state index in [1.54, 1.807) is 6.92 Å². The number of rotatable bonds is 8. The second kappa shape index (κ2) is 9.36. The molecule has 0 spiro atoms. The van der Waals surface area contributed by atoms with E-state index in [2.05, 4.69) is 4.99 Å². The maximum Gasteiger partial charge on any atom is 0.322 e. The quantitative estimate of drug-likeness (QED) is 0.337. The molecule has 0 amide bonds. The lowest BCUT2D eigenvalue weighted by atomic mass is 9.96. The molecule has 0 bridgehead atoms. The minimum absolute atomic E-state index is 0.0241. The van der Waals surface area contributed by atoms with Crippen molar-refractivity contribution >= 4 is 18.0 Å². The number of halogens is 2. The number of hydrogen-bond acceptors (Lipinski definition) is 5. The standard InChI is InChI=1S/C18H23F2NO4/c1-5-25-18(24)13(8-21-16(9-22)10(2)3)17(23)12-6-11(4)14(19)7-15(12)20/h6-8,10,13,16,22H,5,9H2,1-4H3. The number of ether oxygens (including phenoxy) is 1. The van der Waals surface area contributed by atoms with Crippen LogP contribution in [-0.2, 0) is 9.53 Å². The Labute approximate surface area is 145 Å². The highest BCUT2D eigenvalue weighted by molar-refractivity contribution is 6.18. The van der Waals surface area contributed by atoms with E-state index in [0.29, 0.717) is 6.07 Å². The van der Waals surface area contributed by atoms with Gasteiger partial charge >= 0.3 is 5.97 Å². The Morgan fingerprint density at radius 2 is 1.92 bits per heavy atom. The number of Topliss-reactive ketones (excluding diaryl/α,β-unsaturated/α-hetero) is 1. The molecule has 5 nitrogen and oxygen atoms in total. The first kappa shape index (κ1) is 20.9. The van der Waals surface area contributed by atoms with E-state index >= 15 is 0 Å². The molecule has 2 unspecified atom stereocenters. The summed E-state index contributed by atoms with van der Waals surface area (Å²) >= 11 is 0. The van der Waals surface area contributed by atoms with Crippen molar-refractivity contribution in [1.82, 2.24) is 0 Å². The van der Waals surface area contributed by atoms with Gasteiger partial charge in [-0.25, -0.2) is 8.78 Å². The van der Waals surface area contributed by atoms with Gasteiger partial charge in [0.15, 0.2) is 11.7 Å². The first-order valence-corrected chi connectivity index (χ1v) is 8.03. The van der Waals surface area contributed by atoms with Gasteiger partial charge < -0.3 is 9.84 Å². The molecule has 0 fully saturated rings. The molecule has 0 aliphatic rings. The molecule has 0 radical (unpaired) electrons. The van der Waals surface area contributed by atoms with Crippen LogP contribution in [0.5, 0.6) is 0 Å². The highest BCUT2D eigenvalue weighted by atomic mass is 19.1. The fraction of sp³-hybridized carbons (Fsp3) is 0.500. The van der Waals surface area contributed by atoms with Gasteiger partial charge in [-0.05, 0) is 31.4 Å². The summed E-state index contributed by atoms with van der Waals surface area (Å²) in [6.07, 6.45) is 1.07. The first-order chi connectivity index (χ1) is 11.7. The molecule has 1 aromatic carbocycles. The Kier molecular flexibility index (Phi) is 7.83. The third-order valence-electron chi connectivity index (χ3n) is 3.72. The number of aliphatic hydroxyl groups is 1. The number of ketones is 1. The van der Waals surface area contributed by atoms with Crippen molar-refractivity contribution in [3.8, 4) is 0 Å². The van der Waals surface area contributed by atoms with E-state index in [4.69, 9.17) is 4.74 Å². The van der Waals surface area contributed by atoms with E-state index in [0.717, 1.165) is 12.3 Å². The molecule has 1 rings (SSSR count). The van der Waals surface area contributed by atoms with Crippen LogP contribution >= 0.6 is 0 Å². The largest absolute Gasteiger partial charge is 0.465 e. The SMILES string of the molecule is CCOC(=O)C(C=NC(CO)C(C)C)C(=O)c1cc(C)c(F)cc1F. The second-order valence-electron chi connectivity index (χ2n) is 5.97. The number of esters is 1. The number of aryl methyl sites for hydroxylation is 1. The van der Waals surface area contributed by atoms with Crippen LogP contribution in [0.25, 0.3) is 0 Å². The van der Waals surface area contributed by atoms with Gasteiger partial charge in [-0.3, -0.25) is 14.6 Å². The van der Waals surface area contributed by atoms with Crippen molar-refractivity contribution in [2.24, 2.45) is 16.8 Å². The van der Waals surface area contributed by atoms with Gasteiger partial charge in [0, 0.05) is 12.3 Å². The van der Waals surface area contributed by atoms with Crippen LogP contribution in [0.4, 0.5) is 8.78 Å². The molecule has 1 N–H and O–H groups in total. The van der Waals surface area contributed by atoms with Crippen molar-refractivity contribution in [2.45, 2.75) is 33.7 Å². The average Bonchev–Trinajstić information content (AvgIpc) is 2.54. The van der Waals surface area contributed by atoms with Crippen LogP contribution in [-0.4, -0.2) is 42.3 Å². The molecule has 0 saturated carbocycles. The number of hydrogen-bond donors (Lipinski definition) is 1. The fourth-order valence-corrected chi connectivity index (χ4v) is 2.11. The lowest BCUT2D eigenvalue weighted by Gasteiger charge is -2.15. The molecule has 0 aromatic heterocycles. The third-order valence-corrected chi connectivity index (χ3v) is 3.72. The lowest BCUT2D eigenvalue weighted by Crippen LogP contribution is -2.30. The Balaban J connectivity index is 3.24. The third kappa shape index (κ3) is 5.42. The number of carbonyl (C=O) groups excluding carboxylic acids is 2. The molecule has 0 aliphatic heterocycles. The van der Waals surface area contributed by atoms with Crippen LogP contribution in [0.1, 0.15) is 36.7 Å². The summed E-state index contributed by atoms with van der Waals surface area (Å²) < 4.78 is 32.2. The van der Waals surface area contributed by atoms with Crippen molar-refractivity contribution in [3.05, 3.63) is 34.9 Å². The Morgan fingerprint density at radius 1 is 1.28 bits per heavy atom. The number of aliphatic imine (C=N–C) groups is 1. The van der Waals surface area contributed by atoms with Crippen molar-refractivity contribution in [1.29, 1.82) is 0 Å². The van der Waals surface area contributed by atoms with Crippen molar-refractivity contribution in [3.63, 3.8) is 0 Å². The zero-order valence-electron chi connectivity index (χ0n) is 14.8. The van der Waals surface area contributed by atoms with Gasteiger partial charge in [-0.1, -0.05) is 13.8 Å². The van der Waals surface area contributed by atoms with Gasteiger partial charge in [0.25, 0.3) is 0 Å². The molecule has 1 aromatic rings. The average molecular weight is 355 g/mol. The lowest BCUT2D eigenvalue weighted by molar-refractivity contribution is -0.144. The van der Waals surface area contributed by atoms with Gasteiger partial charge in [-0.15, -0.1) is 0 Å². The molecule has 0 heterocycles. The predicted molar refractivity (Wildman–Crippen MR) is 89.8 cm³/mol. The molecular weight excluding hydrogens is 332 g/mol. The molecule has 0 saturated heterocycles. The van der Waals surface area contributed by atoms with E-state index < -0.39 is 40.9 Å². The molecule has 25 heavy (non-hydrogen) atoms. The Hall–Kier alpha value is -2.15. The second-order valence-corrected chi connectivity index (χ2v) is 5.97. The summed E-state index contributed by atoms with van der Waals surface area (Å²) in [4.78, 5) is 28.8. The first-order valence-electron chi connectivity index (χ1n) is 8.03. The molecule has 2 atom stereocenters. The number of benzene rings is 1. The summed E-state index contributed by atoms with van der Waals surface area (Å²) in [7, 11) is 0. The fourth-order valence-electron chi connectivity index (χ4n) is 2.11. The summed E-state index contributed by atoms with van der Waals surface area (Å²) in [5, 5.41) is 9.30. The van der Waals surface area contributed by atoms with Crippen LogP contribution in [0.3, 0.4) is 0 Å². The molecule has 0 aliphatic carbocycles. The summed E-state index contributed by atoms with van der Waals surface area (Å²) in [6.45, 7) is 6.38. The zero-order valence-corrected chi connectivity index (χ0v) is 14.8. The van der Waals surface area contributed by atoms with E-state index in [-0.39, 0.29) is 24.7 Å². The Bertz CT molecular complexity index is 659. The van der Waals surface area contributed by atoms with Gasteiger partial charge in [-0.2, -0.15) is 0 Å². The van der Waals surface area contributed by atoms with Crippen molar-refractivity contribution in [2.75, 3.05) is 13.2 Å². The highest BCUT2D eigenvalue weighted by Gasteiger charge is 2.30. The van der Waals surface area contributed by atoms with E-state index in [9.17, 15) is 23.5 Å². The molecular formula is C18H23F2NO4. The monoisotopic (exact) mass is 355 g/mol. The van der Waals surface area contributed by atoms with Crippen LogP contribution < -0.4 is 0 Å². The minimum atomic E-state index is -1.47. The maximum atomic E-state index is 14.0. The Morgan fingerprint density at radius 3 is 2.44 bits per heavy atom. The normalized spacial score (nSPS) is 13.9. The van der Waals surface area contributed by atoms with Gasteiger partial charge in [0.05, 0.1) is 24.8 Å². The van der Waals surface area contributed by atoms with E-state index in [1.807, 2.05) is 13.8 Å². The molecule has 138 valence electrons. The summed E-state index contributed by atoms with van der Waals surface area (Å²) in [5.41, 5.74) is -0.326. The number of carbonyl (C=O) groups is 2.